The van der Waals surface area contributed by atoms with Gasteiger partial charge in [0.15, 0.2) is 0 Å². The average molecular weight is 298 g/mol. The highest BCUT2D eigenvalue weighted by atomic mass is 32.1. The molecule has 0 spiro atoms. The van der Waals surface area contributed by atoms with E-state index in [9.17, 15) is 9.90 Å². The molecule has 106 valence electrons. The molecule has 21 heavy (non-hydrogen) atoms. The number of thiophene rings is 1. The van der Waals surface area contributed by atoms with Crippen LogP contribution in [0.2, 0.25) is 0 Å². The Labute approximate surface area is 126 Å². The number of carboxylic acid groups (broad SMARTS) is 1. The first kappa shape index (κ1) is 13.6. The summed E-state index contributed by atoms with van der Waals surface area (Å²) in [6, 6.07) is 9.50. The summed E-state index contributed by atoms with van der Waals surface area (Å²) in [7, 11) is 0. The fraction of sp³-hybridized carbons (Fsp3) is 0.125. The zero-order valence-corrected chi connectivity index (χ0v) is 12.3. The second-order valence-electron chi connectivity index (χ2n) is 4.75. The summed E-state index contributed by atoms with van der Waals surface area (Å²) in [5.74, 6) is -0.247. The Kier molecular flexibility index (Phi) is 3.58. The van der Waals surface area contributed by atoms with Gasteiger partial charge in [0.25, 0.3) is 0 Å². The van der Waals surface area contributed by atoms with Crippen molar-refractivity contribution in [3.8, 4) is 0 Å². The van der Waals surface area contributed by atoms with Crippen molar-refractivity contribution in [1.82, 2.24) is 4.98 Å². The molecule has 2 aromatic heterocycles. The normalized spacial score (nSPS) is 10.7. The van der Waals surface area contributed by atoms with E-state index in [0.717, 1.165) is 5.39 Å². The molecule has 0 atom stereocenters. The van der Waals surface area contributed by atoms with Crippen LogP contribution in [-0.2, 0) is 6.54 Å². The van der Waals surface area contributed by atoms with Gasteiger partial charge < -0.3 is 10.4 Å². The Bertz CT molecular complexity index is 811. The monoisotopic (exact) mass is 298 g/mol. The number of nitrogens with one attached hydrogen (secondary N) is 1. The standard InChI is InChI=1S/C16H14N2O2S/c1-10-6-7-21-14(10)9-18-15-12-5-3-2-4-11(12)13(8-17-15)16(19)20/h2-8H,9H2,1H3,(H,17,18)(H,19,20). The highest BCUT2D eigenvalue weighted by molar-refractivity contribution is 7.10. The summed E-state index contributed by atoms with van der Waals surface area (Å²) in [4.78, 5) is 16.8. The number of nitrogens with zero attached hydrogens (tertiary/aromatic N) is 1. The van der Waals surface area contributed by atoms with Crippen LogP contribution in [0.15, 0.2) is 41.9 Å². The average Bonchev–Trinajstić information content (AvgIpc) is 2.89. The number of pyridine rings is 1. The molecule has 3 rings (SSSR count). The van der Waals surface area contributed by atoms with Crippen molar-refractivity contribution in [2.75, 3.05) is 5.32 Å². The molecule has 1 aromatic carbocycles. The molecule has 0 bridgehead atoms. The van der Waals surface area contributed by atoms with Crippen LogP contribution in [0.4, 0.5) is 5.82 Å². The molecule has 0 saturated heterocycles. The zero-order chi connectivity index (χ0) is 14.8. The number of aromatic carboxylic acids is 1. The lowest BCUT2D eigenvalue weighted by Gasteiger charge is -2.10. The Morgan fingerprint density at radius 3 is 2.71 bits per heavy atom. The highest BCUT2D eigenvalue weighted by Gasteiger charge is 2.12. The lowest BCUT2D eigenvalue weighted by atomic mass is 10.1. The van der Waals surface area contributed by atoms with Gasteiger partial charge in [-0.3, -0.25) is 0 Å². The van der Waals surface area contributed by atoms with E-state index in [1.54, 1.807) is 11.3 Å². The maximum atomic E-state index is 11.3. The number of carboxylic acids is 1. The summed E-state index contributed by atoms with van der Waals surface area (Å²) >= 11 is 1.70. The quantitative estimate of drug-likeness (QED) is 0.766. The number of hydrogen-bond acceptors (Lipinski definition) is 4. The van der Waals surface area contributed by atoms with E-state index in [2.05, 4.69) is 28.7 Å². The minimum Gasteiger partial charge on any atom is -0.478 e. The van der Waals surface area contributed by atoms with Gasteiger partial charge in [0.1, 0.15) is 5.82 Å². The lowest BCUT2D eigenvalue weighted by molar-refractivity contribution is 0.0698. The molecule has 0 amide bonds. The first-order chi connectivity index (χ1) is 10.2. The van der Waals surface area contributed by atoms with Crippen LogP contribution in [0.3, 0.4) is 0 Å². The summed E-state index contributed by atoms with van der Waals surface area (Å²) in [6.45, 7) is 2.76. The van der Waals surface area contributed by atoms with Gasteiger partial charge in [-0.2, -0.15) is 0 Å². The number of benzene rings is 1. The van der Waals surface area contributed by atoms with Crippen LogP contribution in [0.5, 0.6) is 0 Å². The van der Waals surface area contributed by atoms with Crippen molar-refractivity contribution in [2.45, 2.75) is 13.5 Å². The smallest absolute Gasteiger partial charge is 0.337 e. The van der Waals surface area contributed by atoms with Gasteiger partial charge in [-0.1, -0.05) is 24.3 Å². The van der Waals surface area contributed by atoms with Gasteiger partial charge >= 0.3 is 5.97 Å². The number of anilines is 1. The number of rotatable bonds is 4. The fourth-order valence-electron chi connectivity index (χ4n) is 2.25. The SMILES string of the molecule is Cc1ccsc1CNc1ncc(C(=O)O)c2ccccc12. The van der Waals surface area contributed by atoms with Gasteiger partial charge in [0, 0.05) is 21.8 Å². The summed E-state index contributed by atoms with van der Waals surface area (Å²) < 4.78 is 0. The largest absolute Gasteiger partial charge is 0.478 e. The summed E-state index contributed by atoms with van der Waals surface area (Å²) in [5, 5.41) is 16.1. The Balaban J connectivity index is 1.98. The highest BCUT2D eigenvalue weighted by Crippen LogP contribution is 2.25. The molecule has 4 nitrogen and oxygen atoms in total. The van der Waals surface area contributed by atoms with E-state index in [1.807, 2.05) is 24.3 Å². The Morgan fingerprint density at radius 2 is 2.05 bits per heavy atom. The molecule has 0 aliphatic heterocycles. The van der Waals surface area contributed by atoms with Crippen molar-refractivity contribution in [3.63, 3.8) is 0 Å². The van der Waals surface area contributed by atoms with Crippen molar-refractivity contribution < 1.29 is 9.90 Å². The minimum absolute atomic E-state index is 0.225. The molecule has 3 aromatic rings. The molecule has 2 N–H and O–H groups in total. The second kappa shape index (κ2) is 5.54. The number of fused-ring (bicyclic) bond motifs is 1. The molecule has 0 radical (unpaired) electrons. The molecule has 0 fully saturated rings. The van der Waals surface area contributed by atoms with E-state index < -0.39 is 5.97 Å². The first-order valence-corrected chi connectivity index (χ1v) is 7.42. The van der Waals surface area contributed by atoms with Crippen molar-refractivity contribution in [3.05, 3.63) is 57.9 Å². The first-order valence-electron chi connectivity index (χ1n) is 6.54. The molecular formula is C16H14N2O2S. The zero-order valence-electron chi connectivity index (χ0n) is 11.5. The van der Waals surface area contributed by atoms with Crippen LogP contribution in [-0.4, -0.2) is 16.1 Å². The number of hydrogen-bond donors (Lipinski definition) is 2. The summed E-state index contributed by atoms with van der Waals surface area (Å²) in [5.41, 5.74) is 1.47. The predicted octanol–water partition coefficient (Wildman–Crippen LogP) is 3.92. The number of aromatic nitrogens is 1. The van der Waals surface area contributed by atoms with Gasteiger partial charge in [-0.25, -0.2) is 9.78 Å². The third-order valence-electron chi connectivity index (χ3n) is 3.41. The minimum atomic E-state index is -0.959. The van der Waals surface area contributed by atoms with E-state index in [4.69, 9.17) is 0 Å². The topological polar surface area (TPSA) is 62.2 Å². The maximum Gasteiger partial charge on any atom is 0.337 e. The Hall–Kier alpha value is -2.40. The van der Waals surface area contributed by atoms with Crippen LogP contribution in [0.1, 0.15) is 20.8 Å². The van der Waals surface area contributed by atoms with Gasteiger partial charge in [0.05, 0.1) is 12.1 Å². The van der Waals surface area contributed by atoms with E-state index in [0.29, 0.717) is 17.7 Å². The maximum absolute atomic E-state index is 11.3. The van der Waals surface area contributed by atoms with Crippen LogP contribution >= 0.6 is 11.3 Å². The van der Waals surface area contributed by atoms with Crippen molar-refractivity contribution in [1.29, 1.82) is 0 Å². The van der Waals surface area contributed by atoms with E-state index in [-0.39, 0.29) is 5.56 Å². The van der Waals surface area contributed by atoms with E-state index in [1.165, 1.54) is 16.6 Å². The lowest BCUT2D eigenvalue weighted by Crippen LogP contribution is -2.05. The van der Waals surface area contributed by atoms with Gasteiger partial charge in [-0.15, -0.1) is 11.3 Å². The second-order valence-corrected chi connectivity index (χ2v) is 5.75. The fourth-order valence-corrected chi connectivity index (χ4v) is 3.10. The van der Waals surface area contributed by atoms with Crippen molar-refractivity contribution in [2.24, 2.45) is 0 Å². The number of carbonyl (C=O) groups is 1. The Morgan fingerprint density at radius 1 is 1.29 bits per heavy atom. The molecule has 5 heteroatoms. The van der Waals surface area contributed by atoms with Gasteiger partial charge in [-0.05, 0) is 23.9 Å². The number of aryl methyl sites for hydroxylation is 1. The molecule has 2 heterocycles. The molecule has 0 unspecified atom stereocenters. The molecule has 0 aliphatic rings. The van der Waals surface area contributed by atoms with Crippen LogP contribution < -0.4 is 5.32 Å². The van der Waals surface area contributed by atoms with E-state index >= 15 is 0 Å². The molecule has 0 saturated carbocycles. The van der Waals surface area contributed by atoms with Crippen LogP contribution in [0, 0.1) is 6.92 Å². The predicted molar refractivity (Wildman–Crippen MR) is 85.1 cm³/mol. The summed E-state index contributed by atoms with van der Waals surface area (Å²) in [6.07, 6.45) is 1.41. The third kappa shape index (κ3) is 2.60. The molecular weight excluding hydrogens is 284 g/mol. The van der Waals surface area contributed by atoms with Gasteiger partial charge in [0.2, 0.25) is 0 Å². The van der Waals surface area contributed by atoms with Crippen molar-refractivity contribution >= 4 is 33.9 Å². The third-order valence-corrected chi connectivity index (χ3v) is 4.43. The molecule has 0 aliphatic carbocycles. The van der Waals surface area contributed by atoms with Crippen LogP contribution in [0.25, 0.3) is 10.8 Å².